The molecule has 0 radical (unpaired) electrons. The molecule has 170 valence electrons. The van der Waals surface area contributed by atoms with Gasteiger partial charge in [-0.15, -0.1) is 11.8 Å². The van der Waals surface area contributed by atoms with Crippen LogP contribution in [0.15, 0.2) is 91.0 Å². The number of anilines is 2. The number of hydrogen-bond acceptors (Lipinski definition) is 4. The number of amides is 2. The highest BCUT2D eigenvalue weighted by atomic mass is 32.2. The van der Waals surface area contributed by atoms with Crippen LogP contribution in [0.5, 0.6) is 5.75 Å². The molecule has 1 saturated heterocycles. The van der Waals surface area contributed by atoms with Gasteiger partial charge in [0.2, 0.25) is 5.91 Å². The molecule has 6 heteroatoms. The van der Waals surface area contributed by atoms with Crippen molar-refractivity contribution >= 4 is 45.7 Å². The summed E-state index contributed by atoms with van der Waals surface area (Å²) in [6, 6.07) is 29.0. The second-order valence-electron chi connectivity index (χ2n) is 7.97. The predicted octanol–water partition coefficient (Wildman–Crippen LogP) is 6.27. The third-order valence-electron chi connectivity index (χ3n) is 5.76. The zero-order chi connectivity index (χ0) is 23.5. The molecular weight excluding hydrogens is 444 g/mol. The van der Waals surface area contributed by atoms with Gasteiger partial charge in [-0.3, -0.25) is 14.5 Å². The van der Waals surface area contributed by atoms with E-state index in [1.54, 1.807) is 16.7 Å². The van der Waals surface area contributed by atoms with Crippen molar-refractivity contribution in [3.8, 4) is 5.75 Å². The molecule has 0 aromatic heterocycles. The second-order valence-corrected chi connectivity index (χ2v) is 9.03. The Labute approximate surface area is 202 Å². The molecule has 34 heavy (non-hydrogen) atoms. The first kappa shape index (κ1) is 22.0. The zero-order valence-corrected chi connectivity index (χ0v) is 19.5. The summed E-state index contributed by atoms with van der Waals surface area (Å²) in [6.45, 7) is 2.46. The monoisotopic (exact) mass is 468 g/mol. The largest absolute Gasteiger partial charge is 0.492 e. The number of ether oxygens (including phenoxy) is 1. The Kier molecular flexibility index (Phi) is 6.23. The summed E-state index contributed by atoms with van der Waals surface area (Å²) in [5.41, 5.74) is 3.08. The highest BCUT2D eigenvalue weighted by Crippen LogP contribution is 2.44. The summed E-state index contributed by atoms with van der Waals surface area (Å²) in [6.07, 6.45) is 0. The van der Waals surface area contributed by atoms with E-state index < -0.39 is 0 Å². The Hall–Kier alpha value is -3.77. The van der Waals surface area contributed by atoms with E-state index in [9.17, 15) is 9.59 Å². The van der Waals surface area contributed by atoms with Gasteiger partial charge >= 0.3 is 0 Å². The molecule has 1 fully saturated rings. The van der Waals surface area contributed by atoms with Gasteiger partial charge in [0.1, 0.15) is 11.1 Å². The first-order valence-corrected chi connectivity index (χ1v) is 12.2. The Morgan fingerprint density at radius 2 is 1.71 bits per heavy atom. The van der Waals surface area contributed by atoms with Crippen molar-refractivity contribution in [2.45, 2.75) is 12.3 Å². The smallest absolute Gasteiger partial charge is 0.255 e. The van der Waals surface area contributed by atoms with Crippen molar-refractivity contribution in [1.82, 2.24) is 0 Å². The highest BCUT2D eigenvalue weighted by molar-refractivity contribution is 8.00. The van der Waals surface area contributed by atoms with Crippen LogP contribution in [0, 0.1) is 0 Å². The molecule has 1 aliphatic rings. The van der Waals surface area contributed by atoms with Crippen molar-refractivity contribution in [3.63, 3.8) is 0 Å². The second kappa shape index (κ2) is 9.61. The lowest BCUT2D eigenvalue weighted by Crippen LogP contribution is -2.28. The minimum atomic E-state index is -0.156. The number of para-hydroxylation sites is 2. The molecular formula is C28H24N2O3S. The molecule has 1 unspecified atom stereocenters. The van der Waals surface area contributed by atoms with E-state index in [-0.39, 0.29) is 17.2 Å². The fourth-order valence-electron chi connectivity index (χ4n) is 4.13. The molecule has 4 aromatic rings. The Morgan fingerprint density at radius 1 is 0.971 bits per heavy atom. The molecule has 2 amide bonds. The van der Waals surface area contributed by atoms with Crippen LogP contribution in [0.25, 0.3) is 10.8 Å². The number of fused-ring (bicyclic) bond motifs is 1. The molecule has 1 heterocycles. The van der Waals surface area contributed by atoms with Crippen LogP contribution in [0.2, 0.25) is 0 Å². The molecule has 5 nitrogen and oxygen atoms in total. The van der Waals surface area contributed by atoms with Gasteiger partial charge in [0, 0.05) is 11.3 Å². The Bertz CT molecular complexity index is 1350. The average Bonchev–Trinajstić information content (AvgIpc) is 3.25. The normalized spacial score (nSPS) is 15.5. The molecule has 5 rings (SSSR count). The van der Waals surface area contributed by atoms with Crippen LogP contribution < -0.4 is 15.0 Å². The van der Waals surface area contributed by atoms with Gasteiger partial charge in [0.25, 0.3) is 5.91 Å². The summed E-state index contributed by atoms with van der Waals surface area (Å²) in [5, 5.41) is 4.95. The van der Waals surface area contributed by atoms with Crippen LogP contribution in [-0.2, 0) is 4.79 Å². The maximum absolute atomic E-state index is 12.8. The number of hydrogen-bond donors (Lipinski definition) is 1. The first-order valence-electron chi connectivity index (χ1n) is 11.2. The van der Waals surface area contributed by atoms with Crippen LogP contribution in [-0.4, -0.2) is 24.2 Å². The van der Waals surface area contributed by atoms with E-state index in [0.717, 1.165) is 22.0 Å². The van der Waals surface area contributed by atoms with Crippen molar-refractivity contribution < 1.29 is 14.3 Å². The van der Waals surface area contributed by atoms with E-state index in [0.29, 0.717) is 29.4 Å². The summed E-state index contributed by atoms with van der Waals surface area (Å²) in [5.74, 6) is 1.00. The van der Waals surface area contributed by atoms with Crippen molar-refractivity contribution in [3.05, 3.63) is 102 Å². The lowest BCUT2D eigenvalue weighted by atomic mass is 10.1. The number of carbonyl (C=O) groups excluding carboxylic acids is 2. The third kappa shape index (κ3) is 4.37. The Morgan fingerprint density at radius 3 is 2.50 bits per heavy atom. The molecule has 1 N–H and O–H groups in total. The zero-order valence-electron chi connectivity index (χ0n) is 18.7. The topological polar surface area (TPSA) is 58.6 Å². The van der Waals surface area contributed by atoms with Gasteiger partial charge in [-0.2, -0.15) is 0 Å². The lowest BCUT2D eigenvalue weighted by molar-refractivity contribution is -0.115. The fourth-order valence-corrected chi connectivity index (χ4v) is 5.30. The van der Waals surface area contributed by atoms with Gasteiger partial charge in [-0.1, -0.05) is 54.6 Å². The number of thioether (sulfide) groups is 1. The average molecular weight is 469 g/mol. The first-order chi connectivity index (χ1) is 16.6. The van der Waals surface area contributed by atoms with Crippen LogP contribution in [0.4, 0.5) is 11.4 Å². The summed E-state index contributed by atoms with van der Waals surface area (Å²) < 4.78 is 5.76. The number of benzene rings is 4. The number of nitrogens with one attached hydrogen (secondary N) is 1. The minimum absolute atomic E-state index is 0.0517. The maximum Gasteiger partial charge on any atom is 0.255 e. The van der Waals surface area contributed by atoms with Crippen LogP contribution in [0.3, 0.4) is 0 Å². The van der Waals surface area contributed by atoms with Gasteiger partial charge in [-0.05, 0) is 59.7 Å². The maximum atomic E-state index is 12.8. The summed E-state index contributed by atoms with van der Waals surface area (Å²) >= 11 is 1.58. The minimum Gasteiger partial charge on any atom is -0.492 e. The highest BCUT2D eigenvalue weighted by Gasteiger charge is 2.35. The van der Waals surface area contributed by atoms with Gasteiger partial charge in [0.05, 0.1) is 18.0 Å². The van der Waals surface area contributed by atoms with Crippen molar-refractivity contribution in [2.75, 3.05) is 22.6 Å². The van der Waals surface area contributed by atoms with E-state index in [1.807, 2.05) is 97.9 Å². The summed E-state index contributed by atoms with van der Waals surface area (Å²) in [7, 11) is 0. The van der Waals surface area contributed by atoms with Crippen LogP contribution in [0.1, 0.15) is 28.2 Å². The number of carbonyl (C=O) groups is 2. The third-order valence-corrected chi connectivity index (χ3v) is 6.97. The van der Waals surface area contributed by atoms with E-state index in [2.05, 4.69) is 5.32 Å². The van der Waals surface area contributed by atoms with E-state index in [4.69, 9.17) is 4.74 Å². The standard InChI is InChI=1S/C28H24N2O3S/c1-2-33-25-10-6-5-9-24(25)30-26(31)18-34-28(30)20-13-15-23(16-14-20)29-27(32)22-12-11-19-7-3-4-8-21(19)17-22/h3-17,28H,2,18H2,1H3,(H,29,32). The Balaban J connectivity index is 1.35. The SMILES string of the molecule is CCOc1ccccc1N1C(=O)CSC1c1ccc(NC(=O)c2ccc3ccccc3c2)cc1. The molecule has 0 bridgehead atoms. The van der Waals surface area contributed by atoms with Gasteiger partial charge in [0.15, 0.2) is 0 Å². The predicted molar refractivity (Wildman–Crippen MR) is 139 cm³/mol. The fraction of sp³-hybridized carbons (Fsp3) is 0.143. The lowest BCUT2D eigenvalue weighted by Gasteiger charge is -2.26. The molecule has 0 spiro atoms. The quantitative estimate of drug-likeness (QED) is 0.362. The van der Waals surface area contributed by atoms with Gasteiger partial charge < -0.3 is 10.1 Å². The van der Waals surface area contributed by atoms with Crippen molar-refractivity contribution in [2.24, 2.45) is 0 Å². The molecule has 0 saturated carbocycles. The summed E-state index contributed by atoms with van der Waals surface area (Å²) in [4.78, 5) is 27.4. The van der Waals surface area contributed by atoms with E-state index >= 15 is 0 Å². The van der Waals surface area contributed by atoms with Gasteiger partial charge in [-0.25, -0.2) is 0 Å². The molecule has 1 atom stereocenters. The van der Waals surface area contributed by atoms with E-state index in [1.165, 1.54) is 0 Å². The molecule has 4 aromatic carbocycles. The number of rotatable bonds is 6. The molecule has 1 aliphatic heterocycles. The number of nitrogens with zero attached hydrogens (tertiary/aromatic N) is 1. The molecule has 0 aliphatic carbocycles. The van der Waals surface area contributed by atoms with Crippen LogP contribution >= 0.6 is 11.8 Å². The van der Waals surface area contributed by atoms with Crippen molar-refractivity contribution in [1.29, 1.82) is 0 Å².